The molecule has 0 bridgehead atoms. The molecule has 3 aromatic rings. The van der Waals surface area contributed by atoms with E-state index >= 15 is 0 Å². The Morgan fingerprint density at radius 1 is 1.30 bits per heavy atom. The van der Waals surface area contributed by atoms with Crippen molar-refractivity contribution in [2.45, 2.75) is 26.5 Å². The third kappa shape index (κ3) is 4.90. The molecule has 9 heteroatoms. The van der Waals surface area contributed by atoms with Crippen molar-refractivity contribution in [1.82, 2.24) is 25.3 Å². The number of carbonyl (C=O) groups is 1. The third-order valence-electron chi connectivity index (χ3n) is 3.96. The van der Waals surface area contributed by atoms with E-state index in [0.29, 0.717) is 23.5 Å². The first-order valence-corrected chi connectivity index (χ1v) is 8.40. The molecule has 0 unspecified atom stereocenters. The summed E-state index contributed by atoms with van der Waals surface area (Å²) in [5.74, 6) is -0.196. The maximum absolute atomic E-state index is 12.2. The van der Waals surface area contributed by atoms with E-state index in [0.717, 1.165) is 18.7 Å². The summed E-state index contributed by atoms with van der Waals surface area (Å²) < 4.78 is 30.5. The van der Waals surface area contributed by atoms with Gasteiger partial charge >= 0.3 is 6.61 Å². The molecule has 1 aromatic carbocycles. The lowest BCUT2D eigenvalue weighted by molar-refractivity contribution is -0.0498. The molecule has 0 saturated heterocycles. The van der Waals surface area contributed by atoms with Gasteiger partial charge in [0.2, 0.25) is 0 Å². The van der Waals surface area contributed by atoms with Crippen LogP contribution < -0.4 is 10.1 Å². The van der Waals surface area contributed by atoms with Gasteiger partial charge in [0.25, 0.3) is 5.91 Å². The Hall–Kier alpha value is -3.23. The van der Waals surface area contributed by atoms with E-state index < -0.39 is 6.61 Å². The monoisotopic (exact) mass is 375 g/mol. The number of carbonyl (C=O) groups excluding carboxylic acids is 1. The molecule has 0 spiro atoms. The Kier molecular flexibility index (Phi) is 5.80. The molecule has 0 saturated carbocycles. The second-order valence-electron chi connectivity index (χ2n) is 5.87. The van der Waals surface area contributed by atoms with Gasteiger partial charge in [-0.2, -0.15) is 19.0 Å². The number of hydrogen-bond acceptors (Lipinski definition) is 4. The average molecular weight is 375 g/mol. The highest BCUT2D eigenvalue weighted by atomic mass is 19.3. The number of amides is 1. The minimum Gasteiger partial charge on any atom is -0.435 e. The van der Waals surface area contributed by atoms with E-state index in [9.17, 15) is 13.6 Å². The molecule has 2 heterocycles. The predicted molar refractivity (Wildman–Crippen MR) is 94.6 cm³/mol. The molecule has 0 aliphatic rings. The zero-order valence-electron chi connectivity index (χ0n) is 14.7. The highest BCUT2D eigenvalue weighted by Gasteiger charge is 2.11. The van der Waals surface area contributed by atoms with Crippen LogP contribution in [0.1, 0.15) is 22.6 Å². The van der Waals surface area contributed by atoms with Crippen molar-refractivity contribution in [3.63, 3.8) is 0 Å². The Morgan fingerprint density at radius 2 is 2.07 bits per heavy atom. The summed E-state index contributed by atoms with van der Waals surface area (Å²) in [6, 6.07) is 9.58. The van der Waals surface area contributed by atoms with Crippen LogP contribution >= 0.6 is 0 Å². The number of benzene rings is 1. The number of aromatic amines is 1. The van der Waals surface area contributed by atoms with Crippen molar-refractivity contribution in [2.24, 2.45) is 0 Å². The third-order valence-corrected chi connectivity index (χ3v) is 3.96. The number of ether oxygens (including phenoxy) is 1. The fourth-order valence-corrected chi connectivity index (χ4v) is 2.55. The van der Waals surface area contributed by atoms with Crippen LogP contribution in [-0.2, 0) is 6.54 Å². The van der Waals surface area contributed by atoms with Crippen molar-refractivity contribution < 1.29 is 18.3 Å². The average Bonchev–Trinajstić information content (AvgIpc) is 3.28. The van der Waals surface area contributed by atoms with Crippen LogP contribution in [0.5, 0.6) is 5.75 Å². The van der Waals surface area contributed by atoms with Gasteiger partial charge in [0.05, 0.1) is 5.69 Å². The van der Waals surface area contributed by atoms with E-state index in [1.165, 1.54) is 12.1 Å². The highest BCUT2D eigenvalue weighted by molar-refractivity contribution is 5.93. The molecule has 3 rings (SSSR count). The Bertz CT molecular complexity index is 889. The van der Waals surface area contributed by atoms with Crippen molar-refractivity contribution in [1.29, 1.82) is 0 Å². The molecule has 142 valence electrons. The second-order valence-corrected chi connectivity index (χ2v) is 5.87. The van der Waals surface area contributed by atoms with Gasteiger partial charge in [-0.15, -0.1) is 0 Å². The van der Waals surface area contributed by atoms with Crippen molar-refractivity contribution >= 4 is 5.91 Å². The van der Waals surface area contributed by atoms with Crippen molar-refractivity contribution in [2.75, 3.05) is 6.54 Å². The van der Waals surface area contributed by atoms with Crippen LogP contribution in [0.4, 0.5) is 8.78 Å². The van der Waals surface area contributed by atoms with E-state index in [1.54, 1.807) is 24.4 Å². The number of halogens is 2. The summed E-state index contributed by atoms with van der Waals surface area (Å²) >= 11 is 0. The fraction of sp³-hybridized carbons (Fsp3) is 0.278. The summed E-state index contributed by atoms with van der Waals surface area (Å²) in [5.41, 5.74) is 2.62. The number of aromatic nitrogens is 4. The first-order chi connectivity index (χ1) is 13.0. The highest BCUT2D eigenvalue weighted by Crippen LogP contribution is 2.22. The van der Waals surface area contributed by atoms with Crippen LogP contribution in [-0.4, -0.2) is 39.0 Å². The van der Waals surface area contributed by atoms with E-state index in [-0.39, 0.29) is 11.7 Å². The molecule has 0 atom stereocenters. The summed E-state index contributed by atoms with van der Waals surface area (Å²) in [4.78, 5) is 12.2. The quantitative estimate of drug-likeness (QED) is 0.593. The molecular weight excluding hydrogens is 356 g/mol. The molecule has 0 aliphatic heterocycles. The molecule has 2 N–H and O–H groups in total. The van der Waals surface area contributed by atoms with Gasteiger partial charge in [-0.05, 0) is 49.7 Å². The lowest BCUT2D eigenvalue weighted by Crippen LogP contribution is -2.25. The molecule has 27 heavy (non-hydrogen) atoms. The summed E-state index contributed by atoms with van der Waals surface area (Å²) in [7, 11) is 0. The van der Waals surface area contributed by atoms with Crippen LogP contribution in [0.3, 0.4) is 0 Å². The normalized spacial score (nSPS) is 11.0. The maximum atomic E-state index is 12.2. The minimum atomic E-state index is -2.87. The number of H-pyrrole nitrogens is 1. The molecular formula is C18H19F2N5O2. The smallest absolute Gasteiger partial charge is 0.387 e. The zero-order chi connectivity index (χ0) is 19.2. The van der Waals surface area contributed by atoms with Crippen molar-refractivity contribution in [3.8, 4) is 17.0 Å². The van der Waals surface area contributed by atoms with E-state index in [2.05, 4.69) is 25.3 Å². The molecule has 0 radical (unpaired) electrons. The molecule has 2 aromatic heterocycles. The van der Waals surface area contributed by atoms with Gasteiger partial charge in [-0.25, -0.2) is 0 Å². The Morgan fingerprint density at radius 3 is 2.74 bits per heavy atom. The lowest BCUT2D eigenvalue weighted by atomic mass is 10.1. The number of rotatable bonds is 8. The summed E-state index contributed by atoms with van der Waals surface area (Å²) in [6.45, 7) is 0.338. The Labute approximate surface area is 154 Å². The van der Waals surface area contributed by atoms with Crippen LogP contribution in [0, 0.1) is 6.92 Å². The van der Waals surface area contributed by atoms with E-state index in [4.69, 9.17) is 0 Å². The lowest BCUT2D eigenvalue weighted by Gasteiger charge is -2.05. The topological polar surface area (TPSA) is 84.8 Å². The second kappa shape index (κ2) is 8.43. The number of nitrogens with zero attached hydrogens (tertiary/aromatic N) is 3. The van der Waals surface area contributed by atoms with Crippen molar-refractivity contribution in [3.05, 3.63) is 54.0 Å². The van der Waals surface area contributed by atoms with Crippen LogP contribution in [0.25, 0.3) is 11.3 Å². The van der Waals surface area contributed by atoms with E-state index in [1.807, 2.05) is 17.7 Å². The molecule has 0 aliphatic carbocycles. The van der Waals surface area contributed by atoms with Gasteiger partial charge < -0.3 is 10.1 Å². The molecule has 1 amide bonds. The number of alkyl halides is 2. The van der Waals surface area contributed by atoms with Gasteiger partial charge in [0.15, 0.2) is 0 Å². The van der Waals surface area contributed by atoms with Crippen LogP contribution in [0.15, 0.2) is 42.6 Å². The summed E-state index contributed by atoms with van der Waals surface area (Å²) in [5, 5.41) is 13.8. The first kappa shape index (κ1) is 18.6. The minimum absolute atomic E-state index is 0.0645. The number of hydrogen-bond donors (Lipinski definition) is 2. The number of aryl methyl sites for hydroxylation is 2. The number of nitrogens with one attached hydrogen (secondary N) is 2. The predicted octanol–water partition coefficient (Wildman–Crippen LogP) is 3.00. The molecule has 7 nitrogen and oxygen atoms in total. The zero-order valence-corrected chi connectivity index (χ0v) is 14.7. The molecule has 0 fully saturated rings. The summed E-state index contributed by atoms with van der Waals surface area (Å²) in [6.07, 6.45) is 2.49. The maximum Gasteiger partial charge on any atom is 0.387 e. The van der Waals surface area contributed by atoms with Gasteiger partial charge in [0, 0.05) is 30.5 Å². The van der Waals surface area contributed by atoms with Gasteiger partial charge in [0.1, 0.15) is 11.4 Å². The standard InChI is InChI=1S/C18H19F2N5O2/c1-12-7-9-22-25(12)10-2-8-21-17(26)16-11-15(23-24-16)13-3-5-14(6-4-13)27-18(19)20/h3-7,9,11,18H,2,8,10H2,1H3,(H,21,26)(H,23,24). The van der Waals surface area contributed by atoms with Gasteiger partial charge in [-0.3, -0.25) is 14.6 Å². The van der Waals surface area contributed by atoms with Gasteiger partial charge in [-0.1, -0.05) is 0 Å². The largest absolute Gasteiger partial charge is 0.435 e. The van der Waals surface area contributed by atoms with Crippen LogP contribution in [0.2, 0.25) is 0 Å². The SMILES string of the molecule is Cc1ccnn1CCCNC(=O)c1cc(-c2ccc(OC(F)F)cc2)n[nH]1. The Balaban J connectivity index is 1.52. The first-order valence-electron chi connectivity index (χ1n) is 8.40. The fourth-order valence-electron chi connectivity index (χ4n) is 2.55.